The number of aryl methyl sites for hydroxylation is 1. The predicted molar refractivity (Wildman–Crippen MR) is 73.4 cm³/mol. The molecule has 0 saturated carbocycles. The molecule has 1 rings (SSSR count). The van der Waals surface area contributed by atoms with Crippen LogP contribution in [0.4, 0.5) is 5.69 Å². The Morgan fingerprint density at radius 3 is 2.19 bits per heavy atom. The summed E-state index contributed by atoms with van der Waals surface area (Å²) < 4.78 is 6.24. The Morgan fingerprint density at radius 2 is 1.75 bits per heavy atom. The van der Waals surface area contributed by atoms with E-state index in [1.807, 2.05) is 25.1 Å². The van der Waals surface area contributed by atoms with Crippen LogP contribution < -0.4 is 10.2 Å². The molecule has 0 saturated heterocycles. The molecule has 0 radical (unpaired) electrons. The van der Waals surface area contributed by atoms with Gasteiger partial charge in [-0.2, -0.15) is 0 Å². The number of nitrogens with two attached hydrogens (primary N) is 1. The maximum Gasteiger partial charge on any atom is 0.250 e. The molecule has 0 fully saturated rings. The van der Waals surface area contributed by atoms with Gasteiger partial charge in [-0.1, -0.05) is 32.9 Å². The van der Waals surface area contributed by atoms with Crippen molar-refractivity contribution in [3.8, 4) is 5.75 Å². The minimum atomic E-state index is -1.79. The van der Waals surface area contributed by atoms with Gasteiger partial charge in [0.2, 0.25) is 0 Å². The molecule has 2 nitrogen and oxygen atoms in total. The summed E-state index contributed by atoms with van der Waals surface area (Å²) in [4.78, 5) is 0. The van der Waals surface area contributed by atoms with Crippen LogP contribution in [0.25, 0.3) is 0 Å². The molecule has 0 heterocycles. The highest BCUT2D eigenvalue weighted by molar-refractivity contribution is 6.74. The van der Waals surface area contributed by atoms with Crippen LogP contribution in [0.3, 0.4) is 0 Å². The van der Waals surface area contributed by atoms with Gasteiger partial charge in [0, 0.05) is 0 Å². The van der Waals surface area contributed by atoms with E-state index in [1.54, 1.807) is 0 Å². The van der Waals surface area contributed by atoms with E-state index in [1.165, 1.54) is 0 Å². The highest BCUT2D eigenvalue weighted by atomic mass is 28.4. The maximum absolute atomic E-state index is 6.24. The average Bonchev–Trinajstić information content (AvgIpc) is 2.10. The molecular formula is C13H23NOSi. The summed E-state index contributed by atoms with van der Waals surface area (Å²) in [5.41, 5.74) is 7.83. The third kappa shape index (κ3) is 2.58. The Bertz CT molecular complexity index is 360. The van der Waals surface area contributed by atoms with E-state index >= 15 is 0 Å². The first-order valence-corrected chi connectivity index (χ1v) is 8.60. The smallest absolute Gasteiger partial charge is 0.250 e. The summed E-state index contributed by atoms with van der Waals surface area (Å²) in [7, 11) is -1.79. The molecule has 0 bridgehead atoms. The molecule has 0 aliphatic heterocycles. The first-order chi connectivity index (χ1) is 7.15. The lowest BCUT2D eigenvalue weighted by Crippen LogP contribution is -2.44. The van der Waals surface area contributed by atoms with Crippen LogP contribution in [0.1, 0.15) is 26.3 Å². The minimum absolute atomic E-state index is 0.196. The maximum atomic E-state index is 6.24. The fourth-order valence-electron chi connectivity index (χ4n) is 1.22. The molecule has 2 N–H and O–H groups in total. The third-order valence-electron chi connectivity index (χ3n) is 3.41. The van der Waals surface area contributed by atoms with E-state index in [9.17, 15) is 0 Å². The second-order valence-electron chi connectivity index (χ2n) is 5.86. The Morgan fingerprint density at radius 1 is 1.19 bits per heavy atom. The molecule has 3 heteroatoms. The van der Waals surface area contributed by atoms with Crippen molar-refractivity contribution in [2.75, 3.05) is 5.73 Å². The van der Waals surface area contributed by atoms with E-state index in [0.717, 1.165) is 17.0 Å². The Labute approximate surface area is 99.9 Å². The van der Waals surface area contributed by atoms with Crippen molar-refractivity contribution in [3.63, 3.8) is 0 Å². The minimum Gasteiger partial charge on any atom is -0.542 e. The summed E-state index contributed by atoms with van der Waals surface area (Å²) in [5.74, 6) is 0.870. The number of hydrogen-bond acceptors (Lipinski definition) is 2. The largest absolute Gasteiger partial charge is 0.542 e. The highest BCUT2D eigenvalue weighted by Gasteiger charge is 2.39. The van der Waals surface area contributed by atoms with Crippen LogP contribution in [0.15, 0.2) is 18.2 Å². The second kappa shape index (κ2) is 4.13. The van der Waals surface area contributed by atoms with E-state index in [-0.39, 0.29) is 5.04 Å². The fraction of sp³-hybridized carbons (Fsp3) is 0.538. The standard InChI is InChI=1S/C13H23NOSi/c1-10-8-7-9-11(14)12(10)15-16(5,6)13(2,3)4/h7-9H,14H2,1-6H3. The van der Waals surface area contributed by atoms with Gasteiger partial charge >= 0.3 is 0 Å². The molecule has 0 spiro atoms. The van der Waals surface area contributed by atoms with Crippen LogP contribution in [0.5, 0.6) is 5.75 Å². The molecule has 90 valence electrons. The summed E-state index contributed by atoms with van der Waals surface area (Å²) >= 11 is 0. The van der Waals surface area contributed by atoms with Crippen LogP contribution in [0.2, 0.25) is 18.1 Å². The normalized spacial score (nSPS) is 12.6. The highest BCUT2D eigenvalue weighted by Crippen LogP contribution is 2.39. The Kier molecular flexibility index (Phi) is 3.38. The first-order valence-electron chi connectivity index (χ1n) is 5.69. The fourth-order valence-corrected chi connectivity index (χ4v) is 2.32. The molecular weight excluding hydrogens is 214 g/mol. The molecule has 0 amide bonds. The van der Waals surface area contributed by atoms with Crippen molar-refractivity contribution in [3.05, 3.63) is 23.8 Å². The van der Waals surface area contributed by atoms with Crippen molar-refractivity contribution in [2.24, 2.45) is 0 Å². The average molecular weight is 237 g/mol. The molecule has 0 aliphatic carbocycles. The molecule has 0 aliphatic rings. The van der Waals surface area contributed by atoms with Crippen LogP contribution in [0, 0.1) is 6.92 Å². The number of para-hydroxylation sites is 1. The van der Waals surface area contributed by atoms with Gasteiger partial charge in [-0.05, 0) is 36.7 Å². The van der Waals surface area contributed by atoms with Crippen molar-refractivity contribution in [2.45, 2.75) is 45.8 Å². The summed E-state index contributed by atoms with van der Waals surface area (Å²) in [6.45, 7) is 13.2. The lowest BCUT2D eigenvalue weighted by molar-refractivity contribution is 0.491. The van der Waals surface area contributed by atoms with Gasteiger partial charge in [0.15, 0.2) is 0 Å². The van der Waals surface area contributed by atoms with Gasteiger partial charge < -0.3 is 10.2 Å². The lowest BCUT2D eigenvalue weighted by atomic mass is 10.2. The second-order valence-corrected chi connectivity index (χ2v) is 10.6. The molecule has 1 aromatic carbocycles. The number of rotatable bonds is 2. The predicted octanol–water partition coefficient (Wildman–Crippen LogP) is 3.96. The zero-order valence-corrected chi connectivity index (χ0v) is 12.2. The molecule has 0 aromatic heterocycles. The Hall–Kier alpha value is -0.963. The summed E-state index contributed by atoms with van der Waals surface area (Å²) in [6.07, 6.45) is 0. The zero-order chi connectivity index (χ0) is 12.6. The van der Waals surface area contributed by atoms with Crippen molar-refractivity contribution in [1.29, 1.82) is 0 Å². The van der Waals surface area contributed by atoms with E-state index in [4.69, 9.17) is 10.2 Å². The molecule has 16 heavy (non-hydrogen) atoms. The van der Waals surface area contributed by atoms with Crippen molar-refractivity contribution < 1.29 is 4.43 Å². The Balaban J connectivity index is 3.06. The van der Waals surface area contributed by atoms with Gasteiger partial charge in [0.1, 0.15) is 5.75 Å². The third-order valence-corrected chi connectivity index (χ3v) is 7.73. The first kappa shape index (κ1) is 13.1. The van der Waals surface area contributed by atoms with Gasteiger partial charge in [0.05, 0.1) is 5.69 Å². The van der Waals surface area contributed by atoms with Gasteiger partial charge in [-0.15, -0.1) is 0 Å². The number of anilines is 1. The number of benzene rings is 1. The molecule has 1 aromatic rings. The van der Waals surface area contributed by atoms with E-state index in [0.29, 0.717) is 0 Å². The monoisotopic (exact) mass is 237 g/mol. The SMILES string of the molecule is Cc1cccc(N)c1O[Si](C)(C)C(C)(C)C. The molecule has 0 atom stereocenters. The van der Waals surface area contributed by atoms with E-state index < -0.39 is 8.32 Å². The van der Waals surface area contributed by atoms with Crippen molar-refractivity contribution >= 4 is 14.0 Å². The van der Waals surface area contributed by atoms with Crippen LogP contribution >= 0.6 is 0 Å². The molecule has 0 unspecified atom stereocenters. The zero-order valence-electron chi connectivity index (χ0n) is 11.2. The van der Waals surface area contributed by atoms with Gasteiger partial charge in [-0.3, -0.25) is 0 Å². The summed E-state index contributed by atoms with van der Waals surface area (Å²) in [5, 5.41) is 0.196. The lowest BCUT2D eigenvalue weighted by Gasteiger charge is -2.37. The van der Waals surface area contributed by atoms with Crippen molar-refractivity contribution in [1.82, 2.24) is 0 Å². The van der Waals surface area contributed by atoms with Crippen LogP contribution in [-0.2, 0) is 0 Å². The van der Waals surface area contributed by atoms with Gasteiger partial charge in [0.25, 0.3) is 8.32 Å². The topological polar surface area (TPSA) is 35.2 Å². The van der Waals surface area contributed by atoms with E-state index in [2.05, 4.69) is 33.9 Å². The number of nitrogen functional groups attached to an aromatic ring is 1. The summed E-state index contributed by atoms with van der Waals surface area (Å²) in [6, 6.07) is 5.90. The quantitative estimate of drug-likeness (QED) is 0.624. The van der Waals surface area contributed by atoms with Crippen LogP contribution in [-0.4, -0.2) is 8.32 Å². The number of hydrogen-bond donors (Lipinski definition) is 1. The van der Waals surface area contributed by atoms with Gasteiger partial charge in [-0.25, -0.2) is 0 Å².